The first-order valence-electron chi connectivity index (χ1n) is 4.69. The lowest BCUT2D eigenvalue weighted by molar-refractivity contribution is -0.584. The van der Waals surface area contributed by atoms with Gasteiger partial charge in [0, 0.05) is 14.1 Å². The third kappa shape index (κ3) is 4.72. The number of nitrogens with two attached hydrogens (primary N) is 1. The molecule has 0 amide bonds. The quantitative estimate of drug-likeness (QED) is 0.469. The monoisotopic (exact) mass is 363 g/mol. The van der Waals surface area contributed by atoms with Crippen molar-refractivity contribution in [3.05, 3.63) is 0 Å². The van der Waals surface area contributed by atoms with Crippen LogP contribution in [0.15, 0.2) is 0 Å². The van der Waals surface area contributed by atoms with E-state index in [0.29, 0.717) is 10.8 Å². The summed E-state index contributed by atoms with van der Waals surface area (Å²) in [6.07, 6.45) is -7.60. The van der Waals surface area contributed by atoms with E-state index in [-0.39, 0.29) is 7.43 Å². The second-order valence-corrected chi connectivity index (χ2v) is 7.95. The molecule has 130 valence electrons. The van der Waals surface area contributed by atoms with Crippen molar-refractivity contribution in [2.75, 3.05) is 26.2 Å². The number of hydrogen-bond acceptors (Lipinski definition) is 7. The maximum atomic E-state index is 11.7. The van der Waals surface area contributed by atoms with Crippen molar-refractivity contribution in [3.63, 3.8) is 0 Å². The lowest BCUT2D eigenvalue weighted by atomic mass is 10.6. The average molecular weight is 363 g/mol. The molecule has 0 unspecified atom stereocenters. The van der Waals surface area contributed by atoms with Crippen molar-refractivity contribution >= 4 is 20.0 Å². The van der Waals surface area contributed by atoms with Gasteiger partial charge < -0.3 is 5.73 Å². The summed E-state index contributed by atoms with van der Waals surface area (Å²) in [5.41, 5.74) is 4.50. The lowest BCUT2D eigenvalue weighted by Crippen LogP contribution is -2.66. The summed E-state index contributed by atoms with van der Waals surface area (Å²) in [5.74, 6) is 0. The highest BCUT2D eigenvalue weighted by atomic mass is 32.3. The van der Waals surface area contributed by atoms with Crippen LogP contribution in [0, 0.1) is 0 Å². The van der Waals surface area contributed by atoms with Crippen LogP contribution in [0.2, 0.25) is 0 Å². The molecule has 0 aliphatic carbocycles. The van der Waals surface area contributed by atoms with Gasteiger partial charge in [-0.25, -0.2) is 21.6 Å². The van der Waals surface area contributed by atoms with Gasteiger partial charge in [0.15, 0.2) is 5.08 Å². The average Bonchev–Trinajstić information content (AvgIpc) is 2.29. The topological polar surface area (TPSA) is 110 Å². The summed E-state index contributed by atoms with van der Waals surface area (Å²) >= 11 is 0. The van der Waals surface area contributed by atoms with Crippen LogP contribution in [0.3, 0.4) is 0 Å². The van der Waals surface area contributed by atoms with E-state index >= 15 is 0 Å². The number of halogens is 4. The minimum Gasteiger partial charge on any atom is -0.333 e. The van der Waals surface area contributed by atoms with E-state index in [1.807, 2.05) is 0 Å². The van der Waals surface area contributed by atoms with Gasteiger partial charge in [-0.1, -0.05) is 11.1 Å². The van der Waals surface area contributed by atoms with Crippen LogP contribution in [0.1, 0.15) is 7.43 Å². The molecular weight excluding hydrogens is 346 g/mol. The van der Waals surface area contributed by atoms with Crippen molar-refractivity contribution in [3.8, 4) is 0 Å². The van der Waals surface area contributed by atoms with Gasteiger partial charge >= 0.3 is 12.5 Å². The third-order valence-electron chi connectivity index (χ3n) is 2.11. The molecule has 2 aliphatic heterocycles. The zero-order valence-electron chi connectivity index (χ0n) is 10.5. The van der Waals surface area contributed by atoms with Crippen LogP contribution >= 0.6 is 0 Å². The fourth-order valence-corrected chi connectivity index (χ4v) is 4.52. The Morgan fingerprint density at radius 2 is 1.24 bits per heavy atom. The Bertz CT molecular complexity index is 505. The zero-order chi connectivity index (χ0) is 16.6. The molecule has 0 atom stereocenters. The Hall–Kier alpha value is -0.540. The number of hydrogen-bond donors (Lipinski definition) is 1. The predicted octanol–water partition coefficient (Wildman–Crippen LogP) is -0.191. The van der Waals surface area contributed by atoms with Gasteiger partial charge in [0.1, 0.15) is 0 Å². The maximum absolute atomic E-state index is 11.7. The van der Waals surface area contributed by atoms with Crippen LogP contribution in [-0.2, 0) is 24.8 Å². The Kier molecular flexibility index (Phi) is 7.25. The van der Waals surface area contributed by atoms with Crippen LogP contribution < -0.4 is 5.73 Å². The molecule has 2 aliphatic rings. The fraction of sp³-hybridized carbons (Fsp3) is 1.00. The van der Waals surface area contributed by atoms with Gasteiger partial charge in [-0.15, -0.1) is 4.90 Å². The molecule has 0 saturated carbocycles. The molecule has 2 saturated heterocycles. The molecule has 0 bridgehead atoms. The minimum atomic E-state index is -3.80. The van der Waals surface area contributed by atoms with E-state index in [1.54, 1.807) is 0 Å². The molecule has 14 heteroatoms. The SMILES string of the molecule is C.CN.CN1C(F)(F)OC1(F)F.CN1S(=O)(=O)CS1(=O)=O. The highest BCUT2D eigenvalue weighted by Crippen LogP contribution is 2.44. The molecule has 8 nitrogen and oxygen atoms in total. The minimum absolute atomic E-state index is 0. The Balaban J connectivity index is 0. The summed E-state index contributed by atoms with van der Waals surface area (Å²) in [4.78, 5) is -0.458. The van der Waals surface area contributed by atoms with Gasteiger partial charge in [-0.3, -0.25) is 0 Å². The largest absolute Gasteiger partial charge is 0.436 e. The first-order chi connectivity index (χ1) is 8.72. The predicted molar refractivity (Wildman–Crippen MR) is 66.1 cm³/mol. The standard InChI is InChI=1S/C3H3F4NO.C2H5NO4S2.CH5N.CH4/c1-8-2(4,5)9-3(8,6)7;1-3-8(4,5)2-9(3,6)7;1-2;/h1H3;2H2,1H3;2H2,1H3;1H4. The van der Waals surface area contributed by atoms with E-state index in [1.165, 1.54) is 7.05 Å². The molecule has 0 aromatic carbocycles. The third-order valence-corrected chi connectivity index (χ3v) is 7.42. The van der Waals surface area contributed by atoms with E-state index in [4.69, 9.17) is 0 Å². The van der Waals surface area contributed by atoms with Crippen LogP contribution in [0.25, 0.3) is 0 Å². The molecule has 21 heavy (non-hydrogen) atoms. The molecule has 0 aromatic rings. The van der Waals surface area contributed by atoms with Crippen LogP contribution in [0.5, 0.6) is 0 Å². The second kappa shape index (κ2) is 6.70. The zero-order valence-corrected chi connectivity index (χ0v) is 12.2. The second-order valence-electron chi connectivity index (χ2n) is 3.35. The summed E-state index contributed by atoms with van der Waals surface area (Å²) in [6.45, 7) is 0. The van der Waals surface area contributed by atoms with E-state index < -0.39 is 42.5 Å². The molecular formula is C7H17F4N3O5S2. The summed E-state index contributed by atoms with van der Waals surface area (Å²) < 4.78 is 91.4. The summed E-state index contributed by atoms with van der Waals surface area (Å²) in [7, 11) is -3.75. The number of rotatable bonds is 0. The Morgan fingerprint density at radius 1 is 0.952 bits per heavy atom. The smallest absolute Gasteiger partial charge is 0.333 e. The molecule has 0 spiro atoms. The van der Waals surface area contributed by atoms with Gasteiger partial charge in [-0.05, 0) is 7.05 Å². The molecule has 2 N–H and O–H groups in total. The van der Waals surface area contributed by atoms with Crippen molar-refractivity contribution in [1.82, 2.24) is 8.61 Å². The first-order valence-corrected chi connectivity index (χ1v) is 7.91. The lowest BCUT2D eigenvalue weighted by Gasteiger charge is -2.42. The van der Waals surface area contributed by atoms with E-state index in [0.717, 1.165) is 7.05 Å². The van der Waals surface area contributed by atoms with Gasteiger partial charge in [0.05, 0.1) is 0 Å². The molecule has 2 fully saturated rings. The van der Waals surface area contributed by atoms with E-state index in [9.17, 15) is 34.4 Å². The number of ether oxygens (including phenoxy) is 1. The molecule has 2 rings (SSSR count). The van der Waals surface area contributed by atoms with Crippen molar-refractivity contribution in [2.45, 2.75) is 19.9 Å². The summed E-state index contributed by atoms with van der Waals surface area (Å²) in [5, 5.41) is -0.740. The molecule has 2 heterocycles. The number of nitrogens with zero attached hydrogens (tertiary/aromatic N) is 2. The van der Waals surface area contributed by atoms with Crippen LogP contribution in [-0.4, -0.2) is 64.1 Å². The van der Waals surface area contributed by atoms with Crippen molar-refractivity contribution in [1.29, 1.82) is 0 Å². The van der Waals surface area contributed by atoms with Crippen LogP contribution in [0.4, 0.5) is 17.6 Å². The number of alkyl halides is 4. The van der Waals surface area contributed by atoms with E-state index in [2.05, 4.69) is 10.5 Å². The van der Waals surface area contributed by atoms with Gasteiger partial charge in [0.2, 0.25) is 20.0 Å². The highest BCUT2D eigenvalue weighted by molar-refractivity contribution is 8.19. The number of sulfonamides is 2. The normalized spacial score (nSPS) is 27.2. The Labute approximate surface area is 120 Å². The van der Waals surface area contributed by atoms with Crippen molar-refractivity contribution < 1.29 is 39.1 Å². The fourth-order valence-electron chi connectivity index (χ4n) is 0.856. The van der Waals surface area contributed by atoms with Crippen molar-refractivity contribution in [2.24, 2.45) is 5.73 Å². The van der Waals surface area contributed by atoms with Gasteiger partial charge in [-0.2, -0.15) is 17.6 Å². The summed E-state index contributed by atoms with van der Waals surface area (Å²) in [6, 6.07) is 0. The highest BCUT2D eigenvalue weighted by Gasteiger charge is 2.67. The molecule has 0 radical (unpaired) electrons. The van der Waals surface area contributed by atoms with Gasteiger partial charge in [0.25, 0.3) is 0 Å². The molecule has 0 aromatic heterocycles. The Morgan fingerprint density at radius 3 is 1.24 bits per heavy atom. The maximum Gasteiger partial charge on any atom is 0.436 e. The first kappa shape index (κ1) is 22.7.